The molecular weight excluding hydrogens is 328 g/mol. The zero-order chi connectivity index (χ0) is 18.8. The molecule has 0 aliphatic rings. The second-order valence-electron chi connectivity index (χ2n) is 6.05. The molecule has 0 fully saturated rings. The monoisotopic (exact) mass is 356 g/mol. The molecule has 26 heavy (non-hydrogen) atoms. The van der Waals surface area contributed by atoms with Crippen LogP contribution in [0.2, 0.25) is 0 Å². The summed E-state index contributed by atoms with van der Waals surface area (Å²) in [6.45, 7) is 10.7. The van der Waals surface area contributed by atoms with Crippen molar-refractivity contribution in [2.45, 2.75) is 33.4 Å². The Bertz CT molecular complexity index is 737. The Morgan fingerprint density at radius 1 is 1.35 bits per heavy atom. The first kappa shape index (κ1) is 19.5. The molecule has 7 heteroatoms. The van der Waals surface area contributed by atoms with E-state index >= 15 is 0 Å². The number of benzene rings is 1. The Hall–Kier alpha value is -2.83. The van der Waals surface area contributed by atoms with Gasteiger partial charge in [-0.15, -0.1) is 10.2 Å². The lowest BCUT2D eigenvalue weighted by Gasteiger charge is -2.13. The molecular formula is C19H28N6O. The van der Waals surface area contributed by atoms with E-state index < -0.39 is 0 Å². The molecule has 0 aliphatic heterocycles. The van der Waals surface area contributed by atoms with Gasteiger partial charge in [0.25, 0.3) is 0 Å². The van der Waals surface area contributed by atoms with Crippen LogP contribution in [0, 0.1) is 0 Å². The fourth-order valence-electron chi connectivity index (χ4n) is 2.38. The van der Waals surface area contributed by atoms with Crippen LogP contribution in [-0.4, -0.2) is 40.9 Å². The van der Waals surface area contributed by atoms with Crippen LogP contribution < -0.4 is 15.4 Å². The number of guanidine groups is 1. The topological polar surface area (TPSA) is 76.4 Å². The molecule has 0 amide bonds. The number of hydrogen-bond donors (Lipinski definition) is 2. The Morgan fingerprint density at radius 2 is 2.19 bits per heavy atom. The minimum Gasteiger partial charge on any atom is -0.497 e. The number of nitrogens with zero attached hydrogens (tertiary/aromatic N) is 4. The molecule has 0 radical (unpaired) electrons. The van der Waals surface area contributed by atoms with Crippen LogP contribution in [0.5, 0.6) is 5.75 Å². The molecule has 0 saturated heterocycles. The van der Waals surface area contributed by atoms with E-state index in [1.165, 1.54) is 0 Å². The van der Waals surface area contributed by atoms with Gasteiger partial charge < -0.3 is 19.9 Å². The van der Waals surface area contributed by atoms with Crippen molar-refractivity contribution in [3.8, 4) is 5.75 Å². The van der Waals surface area contributed by atoms with E-state index in [2.05, 4.69) is 39.3 Å². The molecule has 1 aromatic heterocycles. The SMILES string of the molecule is C=C(C)CNC(=NCc1cccc(OC)c1)NCCn1cnnc1CC. The van der Waals surface area contributed by atoms with Gasteiger partial charge in [-0.1, -0.05) is 31.2 Å². The average Bonchev–Trinajstić information content (AvgIpc) is 3.11. The summed E-state index contributed by atoms with van der Waals surface area (Å²) in [5.74, 6) is 2.57. The number of aromatic nitrogens is 3. The van der Waals surface area contributed by atoms with Crippen molar-refractivity contribution in [2.75, 3.05) is 20.2 Å². The summed E-state index contributed by atoms with van der Waals surface area (Å²) in [4.78, 5) is 4.66. The third kappa shape index (κ3) is 6.23. The number of hydrogen-bond acceptors (Lipinski definition) is 4. The van der Waals surface area contributed by atoms with Gasteiger partial charge in [0, 0.05) is 26.1 Å². The molecule has 140 valence electrons. The summed E-state index contributed by atoms with van der Waals surface area (Å²) in [5.41, 5.74) is 2.14. The molecule has 1 heterocycles. The first-order valence-electron chi connectivity index (χ1n) is 8.78. The second kappa shape index (κ2) is 10.2. The predicted molar refractivity (Wildman–Crippen MR) is 104 cm³/mol. The lowest BCUT2D eigenvalue weighted by Crippen LogP contribution is -2.39. The summed E-state index contributed by atoms with van der Waals surface area (Å²) >= 11 is 0. The van der Waals surface area contributed by atoms with Crippen molar-refractivity contribution < 1.29 is 4.74 Å². The summed E-state index contributed by atoms with van der Waals surface area (Å²) in [6.07, 6.45) is 2.62. The van der Waals surface area contributed by atoms with Gasteiger partial charge in [0.05, 0.1) is 13.7 Å². The molecule has 0 bridgehead atoms. The standard InChI is InChI=1S/C19H28N6O/c1-5-18-24-23-14-25(18)10-9-20-19(21-12-15(2)3)22-13-16-7-6-8-17(11-16)26-4/h6-8,11,14H,2,5,9-10,12-13H2,1,3-4H3,(H2,20,21,22). The number of rotatable bonds is 9. The van der Waals surface area contributed by atoms with Crippen LogP contribution in [-0.2, 0) is 19.5 Å². The van der Waals surface area contributed by atoms with E-state index in [0.717, 1.165) is 48.2 Å². The van der Waals surface area contributed by atoms with Gasteiger partial charge in [0.15, 0.2) is 5.96 Å². The zero-order valence-corrected chi connectivity index (χ0v) is 15.8. The quantitative estimate of drug-likeness (QED) is 0.409. The lowest BCUT2D eigenvalue weighted by molar-refractivity contribution is 0.414. The van der Waals surface area contributed by atoms with Crippen molar-refractivity contribution in [1.82, 2.24) is 25.4 Å². The van der Waals surface area contributed by atoms with Crippen molar-refractivity contribution in [3.63, 3.8) is 0 Å². The number of aliphatic imine (C=N–C) groups is 1. The highest BCUT2D eigenvalue weighted by atomic mass is 16.5. The molecule has 0 unspecified atom stereocenters. The first-order valence-corrected chi connectivity index (χ1v) is 8.78. The molecule has 7 nitrogen and oxygen atoms in total. The third-order valence-electron chi connectivity index (χ3n) is 3.77. The zero-order valence-electron chi connectivity index (χ0n) is 15.8. The Labute approximate surface area is 155 Å². The number of methoxy groups -OCH3 is 1. The maximum atomic E-state index is 5.26. The summed E-state index contributed by atoms with van der Waals surface area (Å²) in [5, 5.41) is 14.7. The maximum Gasteiger partial charge on any atom is 0.191 e. The normalized spacial score (nSPS) is 11.3. The van der Waals surface area contributed by atoms with Gasteiger partial charge in [-0.3, -0.25) is 0 Å². The van der Waals surface area contributed by atoms with Crippen LogP contribution in [0.4, 0.5) is 0 Å². The average molecular weight is 356 g/mol. The predicted octanol–water partition coefficient (Wildman–Crippen LogP) is 2.16. The van der Waals surface area contributed by atoms with Crippen LogP contribution in [0.15, 0.2) is 47.7 Å². The third-order valence-corrected chi connectivity index (χ3v) is 3.77. The minimum absolute atomic E-state index is 0.565. The number of nitrogens with one attached hydrogen (secondary N) is 2. The van der Waals surface area contributed by atoms with E-state index in [9.17, 15) is 0 Å². The van der Waals surface area contributed by atoms with E-state index in [4.69, 9.17) is 4.74 Å². The maximum absolute atomic E-state index is 5.26. The fraction of sp³-hybridized carbons (Fsp3) is 0.421. The highest BCUT2D eigenvalue weighted by Gasteiger charge is 2.03. The fourth-order valence-corrected chi connectivity index (χ4v) is 2.38. The lowest BCUT2D eigenvalue weighted by atomic mass is 10.2. The Kier molecular flexibility index (Phi) is 7.67. The first-order chi connectivity index (χ1) is 12.6. The summed E-state index contributed by atoms with van der Waals surface area (Å²) in [6, 6.07) is 7.92. The molecule has 0 aliphatic carbocycles. The van der Waals surface area contributed by atoms with Crippen molar-refractivity contribution in [1.29, 1.82) is 0 Å². The molecule has 0 atom stereocenters. The number of aryl methyl sites for hydroxylation is 1. The van der Waals surface area contributed by atoms with Gasteiger partial charge in [0.1, 0.15) is 17.9 Å². The Morgan fingerprint density at radius 3 is 2.92 bits per heavy atom. The molecule has 0 saturated carbocycles. The van der Waals surface area contributed by atoms with Gasteiger partial charge in [-0.2, -0.15) is 0 Å². The van der Waals surface area contributed by atoms with Gasteiger partial charge in [-0.05, 0) is 24.6 Å². The molecule has 2 N–H and O–H groups in total. The van der Waals surface area contributed by atoms with Crippen LogP contribution in [0.1, 0.15) is 25.2 Å². The van der Waals surface area contributed by atoms with Crippen LogP contribution >= 0.6 is 0 Å². The van der Waals surface area contributed by atoms with Gasteiger partial charge in [0.2, 0.25) is 0 Å². The summed E-state index contributed by atoms with van der Waals surface area (Å²) in [7, 11) is 1.67. The molecule has 0 spiro atoms. The molecule has 2 rings (SSSR count). The van der Waals surface area contributed by atoms with Crippen molar-refractivity contribution >= 4 is 5.96 Å². The number of ether oxygens (including phenoxy) is 1. The molecule has 2 aromatic rings. The van der Waals surface area contributed by atoms with Crippen LogP contribution in [0.3, 0.4) is 0 Å². The highest BCUT2D eigenvalue weighted by molar-refractivity contribution is 5.80. The highest BCUT2D eigenvalue weighted by Crippen LogP contribution is 2.13. The Balaban J connectivity index is 1.96. The smallest absolute Gasteiger partial charge is 0.191 e. The van der Waals surface area contributed by atoms with Gasteiger partial charge in [-0.25, -0.2) is 4.99 Å². The largest absolute Gasteiger partial charge is 0.497 e. The van der Waals surface area contributed by atoms with Crippen LogP contribution in [0.25, 0.3) is 0 Å². The van der Waals surface area contributed by atoms with E-state index in [-0.39, 0.29) is 0 Å². The van der Waals surface area contributed by atoms with E-state index in [0.29, 0.717) is 13.1 Å². The van der Waals surface area contributed by atoms with Crippen molar-refractivity contribution in [2.24, 2.45) is 4.99 Å². The second-order valence-corrected chi connectivity index (χ2v) is 6.05. The van der Waals surface area contributed by atoms with Gasteiger partial charge >= 0.3 is 0 Å². The molecule has 1 aromatic carbocycles. The minimum atomic E-state index is 0.565. The van der Waals surface area contributed by atoms with Crippen molar-refractivity contribution in [3.05, 3.63) is 54.1 Å². The van der Waals surface area contributed by atoms with E-state index in [1.807, 2.05) is 35.8 Å². The summed E-state index contributed by atoms with van der Waals surface area (Å²) < 4.78 is 7.31. The van der Waals surface area contributed by atoms with E-state index in [1.54, 1.807) is 13.4 Å².